The van der Waals surface area contributed by atoms with Gasteiger partial charge in [0.25, 0.3) is 0 Å². The average molecular weight is 212 g/mol. The van der Waals surface area contributed by atoms with Gasteiger partial charge in [-0.25, -0.2) is 4.39 Å². The molecule has 3 nitrogen and oxygen atoms in total. The van der Waals surface area contributed by atoms with E-state index in [-0.39, 0.29) is 5.02 Å². The van der Waals surface area contributed by atoms with Crippen molar-refractivity contribution in [2.75, 3.05) is 0 Å². The predicted molar refractivity (Wildman–Crippen MR) is 51.4 cm³/mol. The van der Waals surface area contributed by atoms with E-state index in [1.165, 1.54) is 12.4 Å². The summed E-state index contributed by atoms with van der Waals surface area (Å²) in [6, 6.07) is 4.60. The van der Waals surface area contributed by atoms with Gasteiger partial charge in [0.15, 0.2) is 5.82 Å². The summed E-state index contributed by atoms with van der Waals surface area (Å²) in [5.74, 6) is 0.0988. The Bertz CT molecular complexity index is 467. The summed E-state index contributed by atoms with van der Waals surface area (Å²) in [4.78, 5) is 0. The molecule has 0 aliphatic carbocycles. The van der Waals surface area contributed by atoms with E-state index in [1.807, 2.05) is 0 Å². The van der Waals surface area contributed by atoms with E-state index in [2.05, 4.69) is 10.2 Å². The number of hydrogen-bond acceptors (Lipinski definition) is 2. The molecule has 0 N–H and O–H groups in total. The maximum atomic E-state index is 13.1. The smallest absolute Gasteiger partial charge is 0.165 e. The van der Waals surface area contributed by atoms with E-state index in [4.69, 9.17) is 11.6 Å². The first-order chi connectivity index (χ1) is 6.70. The number of rotatable bonds is 1. The summed E-state index contributed by atoms with van der Waals surface area (Å²) >= 11 is 5.80. The summed E-state index contributed by atoms with van der Waals surface area (Å²) in [6.45, 7) is 0. The largest absolute Gasteiger partial charge is 0.317 e. The lowest BCUT2D eigenvalue weighted by molar-refractivity contribution is 0.628. The highest BCUT2D eigenvalue weighted by Crippen LogP contribution is 2.27. The Morgan fingerprint density at radius 3 is 2.86 bits per heavy atom. The van der Waals surface area contributed by atoms with Crippen LogP contribution in [0.4, 0.5) is 4.39 Å². The molecule has 0 aliphatic heterocycles. The summed E-state index contributed by atoms with van der Waals surface area (Å²) in [6.07, 6.45) is 1.54. The van der Waals surface area contributed by atoms with Crippen molar-refractivity contribution in [3.05, 3.63) is 35.4 Å². The second kappa shape index (κ2) is 3.38. The fraction of sp³-hybridized carbons (Fsp3) is 0.111. The summed E-state index contributed by atoms with van der Waals surface area (Å²) in [5.41, 5.74) is 0.548. The summed E-state index contributed by atoms with van der Waals surface area (Å²) in [5, 5.41) is 7.62. The van der Waals surface area contributed by atoms with Crippen molar-refractivity contribution >= 4 is 11.6 Å². The number of aromatic nitrogens is 3. The molecule has 0 saturated heterocycles. The van der Waals surface area contributed by atoms with Crippen molar-refractivity contribution in [2.45, 2.75) is 0 Å². The minimum Gasteiger partial charge on any atom is -0.317 e. The van der Waals surface area contributed by atoms with Crippen LogP contribution in [0.2, 0.25) is 5.02 Å². The molecule has 14 heavy (non-hydrogen) atoms. The van der Waals surface area contributed by atoms with E-state index < -0.39 is 5.82 Å². The summed E-state index contributed by atoms with van der Waals surface area (Å²) in [7, 11) is 1.77. The van der Waals surface area contributed by atoms with Crippen molar-refractivity contribution in [1.29, 1.82) is 0 Å². The molecule has 1 aromatic carbocycles. The van der Waals surface area contributed by atoms with Gasteiger partial charge in [-0.05, 0) is 12.1 Å². The van der Waals surface area contributed by atoms with Gasteiger partial charge in [-0.1, -0.05) is 17.7 Å². The topological polar surface area (TPSA) is 30.7 Å². The minimum absolute atomic E-state index is 0.0728. The Labute approximate surface area is 85.1 Å². The zero-order valence-corrected chi connectivity index (χ0v) is 8.16. The molecule has 5 heteroatoms. The average Bonchev–Trinajstić information content (AvgIpc) is 2.57. The lowest BCUT2D eigenvalue weighted by atomic mass is 10.2. The first kappa shape index (κ1) is 9.15. The fourth-order valence-electron chi connectivity index (χ4n) is 1.20. The maximum Gasteiger partial charge on any atom is 0.165 e. The van der Waals surface area contributed by atoms with Gasteiger partial charge in [-0.2, -0.15) is 0 Å². The molecular weight excluding hydrogens is 205 g/mol. The highest BCUT2D eigenvalue weighted by atomic mass is 35.5. The van der Waals surface area contributed by atoms with Gasteiger partial charge < -0.3 is 4.57 Å². The van der Waals surface area contributed by atoms with Crippen LogP contribution in [0.3, 0.4) is 0 Å². The first-order valence-electron chi connectivity index (χ1n) is 3.98. The van der Waals surface area contributed by atoms with Gasteiger partial charge in [-0.3, -0.25) is 0 Å². The molecule has 0 aliphatic rings. The van der Waals surface area contributed by atoms with Gasteiger partial charge >= 0.3 is 0 Å². The van der Waals surface area contributed by atoms with Crippen LogP contribution in [-0.4, -0.2) is 14.8 Å². The molecule has 2 aromatic rings. The van der Waals surface area contributed by atoms with Gasteiger partial charge in [0.2, 0.25) is 0 Å². The molecule has 72 valence electrons. The van der Waals surface area contributed by atoms with E-state index >= 15 is 0 Å². The number of nitrogens with zero attached hydrogens (tertiary/aromatic N) is 3. The number of aryl methyl sites for hydroxylation is 1. The van der Waals surface area contributed by atoms with Gasteiger partial charge in [-0.15, -0.1) is 10.2 Å². The Morgan fingerprint density at radius 1 is 1.43 bits per heavy atom. The monoisotopic (exact) mass is 211 g/mol. The van der Waals surface area contributed by atoms with Crippen LogP contribution in [0, 0.1) is 5.82 Å². The predicted octanol–water partition coefficient (Wildman–Crippen LogP) is 2.27. The minimum atomic E-state index is -0.452. The van der Waals surface area contributed by atoms with Crippen molar-refractivity contribution in [3.63, 3.8) is 0 Å². The first-order valence-corrected chi connectivity index (χ1v) is 4.36. The fourth-order valence-corrected chi connectivity index (χ4v) is 1.41. The normalized spacial score (nSPS) is 10.5. The molecular formula is C9H7ClFN3. The standard InChI is InChI=1S/C9H7ClFN3/c1-14-5-12-13-9(14)6-3-2-4-7(11)8(6)10/h2-5H,1H3. The SMILES string of the molecule is Cn1cnnc1-c1cccc(F)c1Cl. The van der Waals surface area contributed by atoms with Crippen LogP contribution in [-0.2, 0) is 7.05 Å². The van der Waals surface area contributed by atoms with E-state index in [0.29, 0.717) is 11.4 Å². The van der Waals surface area contributed by atoms with Crippen LogP contribution in [0.25, 0.3) is 11.4 Å². The Kier molecular flexibility index (Phi) is 2.21. The van der Waals surface area contributed by atoms with Crippen molar-refractivity contribution in [2.24, 2.45) is 7.05 Å². The molecule has 0 unspecified atom stereocenters. The lowest BCUT2D eigenvalue weighted by Gasteiger charge is -2.03. The molecule has 1 aromatic heterocycles. The number of hydrogen-bond donors (Lipinski definition) is 0. The van der Waals surface area contributed by atoms with Crippen LogP contribution in [0.1, 0.15) is 0 Å². The van der Waals surface area contributed by atoms with Crippen LogP contribution in [0.5, 0.6) is 0 Å². The van der Waals surface area contributed by atoms with Crippen LogP contribution < -0.4 is 0 Å². The maximum absolute atomic E-state index is 13.1. The third-order valence-electron chi connectivity index (χ3n) is 1.90. The molecule has 0 spiro atoms. The Hall–Kier alpha value is -1.42. The molecule has 0 bridgehead atoms. The van der Waals surface area contributed by atoms with Crippen molar-refractivity contribution in [3.8, 4) is 11.4 Å². The van der Waals surface area contributed by atoms with Crippen LogP contribution >= 0.6 is 11.6 Å². The van der Waals surface area contributed by atoms with E-state index in [1.54, 1.807) is 23.7 Å². The molecule has 0 radical (unpaired) electrons. The quantitative estimate of drug-likeness (QED) is 0.725. The second-order valence-corrected chi connectivity index (χ2v) is 3.24. The zero-order chi connectivity index (χ0) is 10.1. The summed E-state index contributed by atoms with van der Waals surface area (Å²) < 4.78 is 14.8. The van der Waals surface area contributed by atoms with E-state index in [9.17, 15) is 4.39 Å². The number of benzene rings is 1. The molecule has 1 heterocycles. The Morgan fingerprint density at radius 2 is 2.21 bits per heavy atom. The Balaban J connectivity index is 2.63. The van der Waals surface area contributed by atoms with Crippen LogP contribution in [0.15, 0.2) is 24.5 Å². The van der Waals surface area contributed by atoms with Gasteiger partial charge in [0.05, 0.1) is 5.02 Å². The molecule has 0 fully saturated rings. The third-order valence-corrected chi connectivity index (χ3v) is 2.29. The molecule has 2 rings (SSSR count). The van der Waals surface area contributed by atoms with E-state index in [0.717, 1.165) is 0 Å². The zero-order valence-electron chi connectivity index (χ0n) is 7.41. The molecule has 0 amide bonds. The molecule has 0 saturated carbocycles. The highest BCUT2D eigenvalue weighted by Gasteiger charge is 2.11. The second-order valence-electron chi connectivity index (χ2n) is 2.87. The highest BCUT2D eigenvalue weighted by molar-refractivity contribution is 6.33. The third kappa shape index (κ3) is 1.37. The molecule has 0 atom stereocenters. The van der Waals surface area contributed by atoms with Gasteiger partial charge in [0.1, 0.15) is 12.1 Å². The van der Waals surface area contributed by atoms with Crippen molar-refractivity contribution < 1.29 is 4.39 Å². The lowest BCUT2D eigenvalue weighted by Crippen LogP contribution is -1.93. The van der Waals surface area contributed by atoms with Gasteiger partial charge in [0, 0.05) is 12.6 Å². The van der Waals surface area contributed by atoms with Crippen molar-refractivity contribution in [1.82, 2.24) is 14.8 Å². The number of halogens is 2.